The highest BCUT2D eigenvalue weighted by Gasteiger charge is 2.63. The molecule has 1 saturated heterocycles. The first-order chi connectivity index (χ1) is 17.8. The smallest absolute Gasteiger partial charge is 0.459 e. The molecule has 2 aromatic rings. The van der Waals surface area contributed by atoms with Crippen molar-refractivity contribution in [2.24, 2.45) is 0 Å². The fraction of sp³-hybridized carbons (Fsp3) is 0.500. The standard InChI is InChI=1S/C22H27F3N3O9P/c1-12(2)35-19(31)13(3)27-38(33,37-14-7-5-4-6-8-14)34-11-22(20(24)25)17(23)16(30)18(36-22)28-10-9-15(29)26-21(28)32/h4-10,12-13,16-18,20,30H,11H2,1-3H3,(H,27,33)(H,26,29,32)/t13-,16+,17+,18+,22+,38?/m0/s1. The molecule has 3 N–H and O–H groups in total. The quantitative estimate of drug-likeness (QED) is 0.271. The van der Waals surface area contributed by atoms with Crippen molar-refractivity contribution >= 4 is 13.7 Å². The number of carbonyl (C=O) groups is 1. The molecule has 0 amide bonds. The third-order valence-corrected chi connectivity index (χ3v) is 7.00. The van der Waals surface area contributed by atoms with E-state index in [1.165, 1.54) is 31.2 Å². The van der Waals surface area contributed by atoms with Crippen LogP contribution >= 0.6 is 7.75 Å². The lowest BCUT2D eigenvalue weighted by molar-refractivity contribution is -0.183. The summed E-state index contributed by atoms with van der Waals surface area (Å²) in [6.07, 6.45) is -10.5. The van der Waals surface area contributed by atoms with Gasteiger partial charge in [0.25, 0.3) is 12.0 Å². The molecule has 0 spiro atoms. The molecule has 2 heterocycles. The molecular weight excluding hydrogens is 538 g/mol. The Labute approximate surface area is 214 Å². The molecule has 3 rings (SSSR count). The van der Waals surface area contributed by atoms with Crippen LogP contribution in [0.4, 0.5) is 13.2 Å². The Kier molecular flexibility index (Phi) is 9.21. The number of hydrogen-bond donors (Lipinski definition) is 3. The zero-order valence-corrected chi connectivity index (χ0v) is 21.3. The van der Waals surface area contributed by atoms with E-state index in [2.05, 4.69) is 5.09 Å². The van der Waals surface area contributed by atoms with E-state index in [0.29, 0.717) is 4.57 Å². The number of H-pyrrole nitrogens is 1. The molecule has 0 radical (unpaired) electrons. The van der Waals surface area contributed by atoms with Gasteiger partial charge >= 0.3 is 19.4 Å². The topological polar surface area (TPSA) is 158 Å². The zero-order valence-electron chi connectivity index (χ0n) is 20.5. The number of benzene rings is 1. The van der Waals surface area contributed by atoms with Crippen LogP contribution in [0.1, 0.15) is 27.0 Å². The minimum Gasteiger partial charge on any atom is -0.462 e. The summed E-state index contributed by atoms with van der Waals surface area (Å²) in [5.41, 5.74) is -5.20. The van der Waals surface area contributed by atoms with Gasteiger partial charge in [-0.05, 0) is 32.9 Å². The second-order valence-corrected chi connectivity index (χ2v) is 10.4. The first kappa shape index (κ1) is 29.6. The van der Waals surface area contributed by atoms with Crippen molar-refractivity contribution < 1.29 is 46.2 Å². The molecule has 0 aliphatic carbocycles. The Morgan fingerprint density at radius 1 is 1.24 bits per heavy atom. The van der Waals surface area contributed by atoms with Crippen LogP contribution in [0, 0.1) is 0 Å². The number of aliphatic hydroxyl groups is 1. The molecule has 210 valence electrons. The van der Waals surface area contributed by atoms with Gasteiger partial charge in [-0.25, -0.2) is 22.5 Å². The number of alkyl halides is 3. The van der Waals surface area contributed by atoms with Crippen LogP contribution in [-0.2, 0) is 23.4 Å². The monoisotopic (exact) mass is 565 g/mol. The van der Waals surface area contributed by atoms with Crippen LogP contribution in [-0.4, -0.2) is 63.7 Å². The van der Waals surface area contributed by atoms with E-state index < -0.39 is 74.2 Å². The fourth-order valence-corrected chi connectivity index (χ4v) is 5.04. The number of aromatic nitrogens is 2. The van der Waals surface area contributed by atoms with Gasteiger partial charge in [-0.2, -0.15) is 5.09 Å². The average Bonchev–Trinajstić information content (AvgIpc) is 3.09. The van der Waals surface area contributed by atoms with Gasteiger partial charge in [-0.1, -0.05) is 18.2 Å². The number of aromatic amines is 1. The van der Waals surface area contributed by atoms with E-state index in [1.54, 1.807) is 19.9 Å². The molecular formula is C22H27F3N3O9P. The number of aliphatic hydroxyl groups excluding tert-OH is 1. The zero-order chi connectivity index (χ0) is 28.3. The maximum atomic E-state index is 15.2. The Balaban J connectivity index is 1.90. The highest BCUT2D eigenvalue weighted by Crippen LogP contribution is 2.49. The number of nitrogens with one attached hydrogen (secondary N) is 2. The van der Waals surface area contributed by atoms with Crippen LogP contribution in [0.15, 0.2) is 52.2 Å². The molecule has 1 aliphatic heterocycles. The van der Waals surface area contributed by atoms with Crippen LogP contribution in [0.2, 0.25) is 0 Å². The highest BCUT2D eigenvalue weighted by molar-refractivity contribution is 7.52. The summed E-state index contributed by atoms with van der Waals surface area (Å²) in [4.78, 5) is 37.5. The van der Waals surface area contributed by atoms with Crippen molar-refractivity contribution in [2.75, 3.05) is 6.61 Å². The molecule has 1 unspecified atom stereocenters. The van der Waals surface area contributed by atoms with E-state index >= 15 is 4.39 Å². The Morgan fingerprint density at radius 2 is 1.89 bits per heavy atom. The SMILES string of the molecule is CC(C)OC(=O)[C@H](C)NP(=O)(OC[C@@]1(C(F)F)O[C@@H](n2ccc(=O)[nH]c2=O)[C@H](O)[C@H]1F)Oc1ccccc1. The van der Waals surface area contributed by atoms with Gasteiger partial charge in [0.15, 0.2) is 18.0 Å². The number of carbonyl (C=O) groups excluding carboxylic acids is 1. The first-order valence-electron chi connectivity index (χ1n) is 11.3. The Bertz CT molecular complexity index is 1280. The van der Waals surface area contributed by atoms with Gasteiger partial charge in [0.05, 0.1) is 12.7 Å². The lowest BCUT2D eigenvalue weighted by atomic mass is 9.98. The third-order valence-electron chi connectivity index (χ3n) is 5.38. The van der Waals surface area contributed by atoms with Crippen LogP contribution in [0.25, 0.3) is 0 Å². The summed E-state index contributed by atoms with van der Waals surface area (Å²) < 4.78 is 78.6. The normalized spacial score (nSPS) is 25.8. The van der Waals surface area contributed by atoms with E-state index in [-0.39, 0.29) is 5.75 Å². The summed E-state index contributed by atoms with van der Waals surface area (Å²) in [6, 6.07) is 6.88. The van der Waals surface area contributed by atoms with Gasteiger partial charge in [0.1, 0.15) is 17.9 Å². The number of para-hydroxylation sites is 1. The number of esters is 1. The summed E-state index contributed by atoms with van der Waals surface area (Å²) >= 11 is 0. The van der Waals surface area contributed by atoms with Crippen molar-refractivity contribution in [1.82, 2.24) is 14.6 Å². The van der Waals surface area contributed by atoms with E-state index in [1.807, 2.05) is 4.98 Å². The Morgan fingerprint density at radius 3 is 2.47 bits per heavy atom. The molecule has 1 aromatic heterocycles. The minimum absolute atomic E-state index is 0.0410. The van der Waals surface area contributed by atoms with Gasteiger partial charge in [-0.3, -0.25) is 23.7 Å². The average molecular weight is 565 g/mol. The minimum atomic E-state index is -4.71. The lowest BCUT2D eigenvalue weighted by Gasteiger charge is -2.31. The lowest BCUT2D eigenvalue weighted by Crippen LogP contribution is -2.51. The second kappa shape index (κ2) is 11.8. The summed E-state index contributed by atoms with van der Waals surface area (Å²) in [5.74, 6) is -0.904. The predicted molar refractivity (Wildman–Crippen MR) is 126 cm³/mol. The molecule has 6 atom stereocenters. The molecule has 1 fully saturated rings. The van der Waals surface area contributed by atoms with Crippen molar-refractivity contribution in [2.45, 2.75) is 63.4 Å². The first-order valence-corrected chi connectivity index (χ1v) is 12.9. The highest BCUT2D eigenvalue weighted by atomic mass is 31.2. The molecule has 0 bridgehead atoms. The van der Waals surface area contributed by atoms with E-state index in [4.69, 9.17) is 18.5 Å². The van der Waals surface area contributed by atoms with E-state index in [0.717, 1.165) is 12.3 Å². The van der Waals surface area contributed by atoms with Crippen molar-refractivity contribution in [3.8, 4) is 5.75 Å². The number of hydrogen-bond acceptors (Lipinski definition) is 9. The fourth-order valence-electron chi connectivity index (χ4n) is 3.51. The van der Waals surface area contributed by atoms with Crippen LogP contribution in [0.3, 0.4) is 0 Å². The molecule has 16 heteroatoms. The van der Waals surface area contributed by atoms with Crippen molar-refractivity contribution in [3.63, 3.8) is 0 Å². The Hall–Kier alpha value is -2.97. The molecule has 12 nitrogen and oxygen atoms in total. The summed E-state index contributed by atoms with van der Waals surface area (Å²) in [5, 5.41) is 12.6. The van der Waals surface area contributed by atoms with E-state index in [9.17, 15) is 32.8 Å². The van der Waals surface area contributed by atoms with Gasteiger partial charge in [-0.15, -0.1) is 0 Å². The van der Waals surface area contributed by atoms with Crippen molar-refractivity contribution in [1.29, 1.82) is 0 Å². The van der Waals surface area contributed by atoms with Gasteiger partial charge in [0.2, 0.25) is 0 Å². The molecule has 1 aromatic carbocycles. The van der Waals surface area contributed by atoms with Crippen LogP contribution < -0.4 is 20.9 Å². The maximum Gasteiger partial charge on any atom is 0.459 e. The maximum absolute atomic E-state index is 15.2. The summed E-state index contributed by atoms with van der Waals surface area (Å²) in [7, 11) is -4.71. The largest absolute Gasteiger partial charge is 0.462 e. The third kappa shape index (κ3) is 6.53. The molecule has 1 aliphatic rings. The molecule has 38 heavy (non-hydrogen) atoms. The number of halogens is 3. The van der Waals surface area contributed by atoms with Gasteiger partial charge in [0, 0.05) is 12.3 Å². The van der Waals surface area contributed by atoms with Crippen molar-refractivity contribution in [3.05, 3.63) is 63.4 Å². The number of nitrogens with zero attached hydrogens (tertiary/aromatic N) is 1. The number of rotatable bonds is 11. The van der Waals surface area contributed by atoms with Crippen LogP contribution in [0.5, 0.6) is 5.75 Å². The second-order valence-electron chi connectivity index (χ2n) is 8.69. The van der Waals surface area contributed by atoms with Gasteiger partial charge < -0.3 is 19.1 Å². The predicted octanol–water partition coefficient (Wildman–Crippen LogP) is 1.90. The number of ether oxygens (including phenoxy) is 2. The molecule has 0 saturated carbocycles. The summed E-state index contributed by atoms with van der Waals surface area (Å²) in [6.45, 7) is 2.95.